The van der Waals surface area contributed by atoms with Crippen molar-refractivity contribution in [2.24, 2.45) is 0 Å². The zero-order valence-electron chi connectivity index (χ0n) is 10.3. The molecule has 1 aliphatic rings. The highest BCUT2D eigenvalue weighted by molar-refractivity contribution is 5.03. The summed E-state index contributed by atoms with van der Waals surface area (Å²) in [5.41, 5.74) is 0.916. The summed E-state index contributed by atoms with van der Waals surface area (Å²) in [5, 5.41) is 15.3. The minimum Gasteiger partial charge on any atom is -0.337 e. The minimum absolute atomic E-state index is 0.485. The van der Waals surface area contributed by atoms with Gasteiger partial charge in [0.2, 0.25) is 5.89 Å². The van der Waals surface area contributed by atoms with Gasteiger partial charge in [0, 0.05) is 12.5 Å². The van der Waals surface area contributed by atoms with Gasteiger partial charge in [0.15, 0.2) is 5.82 Å². The summed E-state index contributed by atoms with van der Waals surface area (Å²) in [6.07, 6.45) is 4.24. The fourth-order valence-electron chi connectivity index (χ4n) is 1.73. The first kappa shape index (κ1) is 11.3. The third kappa shape index (κ3) is 2.56. The molecule has 1 fully saturated rings. The average molecular weight is 248 g/mol. The Kier molecular flexibility index (Phi) is 3.06. The van der Waals surface area contributed by atoms with Gasteiger partial charge in [0.1, 0.15) is 6.54 Å². The van der Waals surface area contributed by atoms with Gasteiger partial charge in [0.05, 0.1) is 11.9 Å². The second-order valence-corrected chi connectivity index (χ2v) is 4.51. The summed E-state index contributed by atoms with van der Waals surface area (Å²) >= 11 is 0. The van der Waals surface area contributed by atoms with E-state index in [1.165, 1.54) is 12.8 Å². The Morgan fingerprint density at radius 2 is 2.39 bits per heavy atom. The number of rotatable bonds is 6. The van der Waals surface area contributed by atoms with Crippen LogP contribution in [-0.2, 0) is 13.1 Å². The quantitative estimate of drug-likeness (QED) is 0.810. The third-order valence-corrected chi connectivity index (χ3v) is 2.87. The van der Waals surface area contributed by atoms with E-state index in [-0.39, 0.29) is 0 Å². The average Bonchev–Trinajstić information content (AvgIpc) is 2.96. The highest BCUT2D eigenvalue weighted by Crippen LogP contribution is 2.38. The first-order chi connectivity index (χ1) is 8.85. The summed E-state index contributed by atoms with van der Waals surface area (Å²) in [5.74, 6) is 1.94. The molecule has 0 bridgehead atoms. The normalized spacial score (nSPS) is 15.2. The van der Waals surface area contributed by atoms with Crippen LogP contribution in [0.3, 0.4) is 0 Å². The lowest BCUT2D eigenvalue weighted by atomic mass is 10.4. The first-order valence-corrected chi connectivity index (χ1v) is 6.27. The van der Waals surface area contributed by atoms with E-state index in [9.17, 15) is 0 Å². The predicted octanol–water partition coefficient (Wildman–Crippen LogP) is 0.696. The third-order valence-electron chi connectivity index (χ3n) is 2.87. The summed E-state index contributed by atoms with van der Waals surface area (Å²) in [6.45, 7) is 4.19. The molecule has 0 unspecified atom stereocenters. The van der Waals surface area contributed by atoms with Crippen LogP contribution in [0, 0.1) is 0 Å². The molecule has 0 saturated heterocycles. The molecule has 1 N–H and O–H groups in total. The Balaban J connectivity index is 1.62. The Morgan fingerprint density at radius 1 is 1.50 bits per heavy atom. The fraction of sp³-hybridized carbons (Fsp3) is 0.636. The smallest absolute Gasteiger partial charge is 0.248 e. The molecule has 96 valence electrons. The van der Waals surface area contributed by atoms with Gasteiger partial charge in [-0.1, -0.05) is 17.3 Å². The Labute approximate surface area is 105 Å². The molecule has 7 heteroatoms. The van der Waals surface area contributed by atoms with Crippen molar-refractivity contribution in [2.75, 3.05) is 6.54 Å². The number of nitrogens with zero attached hydrogens (tertiary/aromatic N) is 5. The van der Waals surface area contributed by atoms with Crippen LogP contribution in [0.1, 0.15) is 43.1 Å². The van der Waals surface area contributed by atoms with E-state index < -0.39 is 0 Å². The molecule has 18 heavy (non-hydrogen) atoms. The Bertz CT molecular complexity index is 515. The number of hydrogen-bond donors (Lipinski definition) is 1. The lowest BCUT2D eigenvalue weighted by Gasteiger charge is -1.94. The zero-order chi connectivity index (χ0) is 12.4. The topological polar surface area (TPSA) is 81.7 Å². The van der Waals surface area contributed by atoms with E-state index in [0.29, 0.717) is 18.4 Å². The van der Waals surface area contributed by atoms with Crippen LogP contribution in [0.25, 0.3) is 0 Å². The maximum absolute atomic E-state index is 5.19. The van der Waals surface area contributed by atoms with Crippen molar-refractivity contribution in [3.05, 3.63) is 23.6 Å². The highest BCUT2D eigenvalue weighted by atomic mass is 16.5. The van der Waals surface area contributed by atoms with Gasteiger partial charge in [0.25, 0.3) is 0 Å². The Morgan fingerprint density at radius 3 is 3.17 bits per heavy atom. The second kappa shape index (κ2) is 4.85. The van der Waals surface area contributed by atoms with Crippen LogP contribution in [0.2, 0.25) is 0 Å². The molecule has 1 saturated carbocycles. The molecular formula is C11H16N6O. The predicted molar refractivity (Wildman–Crippen MR) is 62.8 cm³/mol. The van der Waals surface area contributed by atoms with Crippen molar-refractivity contribution < 1.29 is 4.52 Å². The van der Waals surface area contributed by atoms with Crippen molar-refractivity contribution in [3.8, 4) is 0 Å². The molecule has 0 atom stereocenters. The number of hydrogen-bond acceptors (Lipinski definition) is 6. The minimum atomic E-state index is 0.485. The van der Waals surface area contributed by atoms with Gasteiger partial charge >= 0.3 is 0 Å². The summed E-state index contributed by atoms with van der Waals surface area (Å²) in [7, 11) is 0. The van der Waals surface area contributed by atoms with Gasteiger partial charge in [-0.2, -0.15) is 4.98 Å². The van der Waals surface area contributed by atoms with Gasteiger partial charge in [-0.3, -0.25) is 0 Å². The molecule has 0 aliphatic heterocycles. The van der Waals surface area contributed by atoms with Crippen molar-refractivity contribution in [1.29, 1.82) is 0 Å². The van der Waals surface area contributed by atoms with E-state index in [1.54, 1.807) is 4.68 Å². The first-order valence-electron chi connectivity index (χ1n) is 6.27. The monoisotopic (exact) mass is 248 g/mol. The number of aromatic nitrogens is 5. The SMILES string of the molecule is CCNCc1cn(Cc2nc(C3CC3)no2)nn1. The van der Waals surface area contributed by atoms with E-state index in [2.05, 4.69) is 32.7 Å². The molecular weight excluding hydrogens is 232 g/mol. The molecule has 2 aromatic rings. The standard InChI is InChI=1S/C11H16N6O/c1-2-12-5-9-6-17(16-14-9)7-10-13-11(15-18-10)8-3-4-8/h6,8,12H,2-5,7H2,1H3. The largest absolute Gasteiger partial charge is 0.337 e. The van der Waals surface area contributed by atoms with Gasteiger partial charge in [-0.15, -0.1) is 5.10 Å². The molecule has 3 rings (SSSR count). The van der Waals surface area contributed by atoms with Crippen molar-refractivity contribution >= 4 is 0 Å². The van der Waals surface area contributed by atoms with Gasteiger partial charge < -0.3 is 9.84 Å². The van der Waals surface area contributed by atoms with E-state index in [0.717, 1.165) is 24.6 Å². The van der Waals surface area contributed by atoms with Crippen LogP contribution < -0.4 is 5.32 Å². The lowest BCUT2D eigenvalue weighted by molar-refractivity contribution is 0.360. The van der Waals surface area contributed by atoms with Crippen molar-refractivity contribution in [3.63, 3.8) is 0 Å². The number of nitrogens with one attached hydrogen (secondary N) is 1. The van der Waals surface area contributed by atoms with Crippen molar-refractivity contribution in [1.82, 2.24) is 30.5 Å². The molecule has 0 aromatic carbocycles. The molecule has 2 aromatic heterocycles. The Hall–Kier alpha value is -1.76. The summed E-state index contributed by atoms with van der Waals surface area (Å²) in [6, 6.07) is 0. The van der Waals surface area contributed by atoms with Crippen LogP contribution in [0.4, 0.5) is 0 Å². The molecule has 0 spiro atoms. The van der Waals surface area contributed by atoms with Crippen LogP contribution in [-0.4, -0.2) is 31.7 Å². The second-order valence-electron chi connectivity index (χ2n) is 4.51. The van der Waals surface area contributed by atoms with E-state index >= 15 is 0 Å². The van der Waals surface area contributed by atoms with Crippen LogP contribution >= 0.6 is 0 Å². The molecule has 2 heterocycles. The maximum atomic E-state index is 5.19. The van der Waals surface area contributed by atoms with Gasteiger partial charge in [-0.05, 0) is 19.4 Å². The van der Waals surface area contributed by atoms with Crippen molar-refractivity contribution in [2.45, 2.75) is 38.8 Å². The molecule has 1 aliphatic carbocycles. The van der Waals surface area contributed by atoms with Crippen LogP contribution in [0.5, 0.6) is 0 Å². The highest BCUT2D eigenvalue weighted by Gasteiger charge is 2.28. The molecule has 7 nitrogen and oxygen atoms in total. The fourth-order valence-corrected chi connectivity index (χ4v) is 1.73. The maximum Gasteiger partial charge on any atom is 0.248 e. The van der Waals surface area contributed by atoms with E-state index in [1.807, 2.05) is 6.20 Å². The summed E-state index contributed by atoms with van der Waals surface area (Å²) < 4.78 is 6.91. The summed E-state index contributed by atoms with van der Waals surface area (Å²) in [4.78, 5) is 4.36. The zero-order valence-corrected chi connectivity index (χ0v) is 10.3. The lowest BCUT2D eigenvalue weighted by Crippen LogP contribution is -2.11. The van der Waals surface area contributed by atoms with Crippen LogP contribution in [0.15, 0.2) is 10.7 Å². The molecule has 0 radical (unpaired) electrons. The van der Waals surface area contributed by atoms with Gasteiger partial charge in [-0.25, -0.2) is 4.68 Å². The molecule has 0 amide bonds. The van der Waals surface area contributed by atoms with E-state index in [4.69, 9.17) is 4.52 Å².